The maximum Gasteiger partial charge on any atom is 0.0738 e. The van der Waals surface area contributed by atoms with Crippen LogP contribution in [0.15, 0.2) is 0 Å². The third-order valence-electron chi connectivity index (χ3n) is 0.482. The maximum absolute atomic E-state index is 5.19. The minimum Gasteiger partial charge on any atom is -0.393 e. The van der Waals surface area contributed by atoms with Crippen molar-refractivity contribution in [3.8, 4) is 0 Å². The van der Waals surface area contributed by atoms with Gasteiger partial charge in [-0.25, -0.2) is 0 Å². The first-order chi connectivity index (χ1) is 3.13. The van der Waals surface area contributed by atoms with Gasteiger partial charge in [-0.1, -0.05) is 35.1 Å². The van der Waals surface area contributed by atoms with Gasteiger partial charge in [0.2, 0.25) is 0 Å². The van der Waals surface area contributed by atoms with Crippen molar-refractivity contribution in [2.24, 2.45) is 5.73 Å². The Balaban J connectivity index is 3.13. The molecule has 0 aromatic carbocycles. The first kappa shape index (κ1) is 7.37. The molecule has 2 N–H and O–H groups in total. The molecule has 7 heavy (non-hydrogen) atoms. The van der Waals surface area contributed by atoms with E-state index in [-0.39, 0.29) is 0 Å². The number of alkyl halides is 1. The van der Waals surface area contributed by atoms with Gasteiger partial charge in [0.25, 0.3) is 0 Å². The van der Waals surface area contributed by atoms with E-state index in [9.17, 15) is 0 Å². The van der Waals surface area contributed by atoms with Crippen LogP contribution in [0.1, 0.15) is 13.3 Å². The summed E-state index contributed by atoms with van der Waals surface area (Å²) in [6.45, 7) is 2.01. The highest BCUT2D eigenvalue weighted by atomic mass is 79.9. The normalized spacial score (nSPS) is 13.4. The van der Waals surface area contributed by atoms with Crippen molar-refractivity contribution >= 4 is 33.1 Å². The fourth-order valence-corrected chi connectivity index (χ4v) is 1.09. The van der Waals surface area contributed by atoms with Gasteiger partial charge in [0.15, 0.2) is 0 Å². The summed E-state index contributed by atoms with van der Waals surface area (Å²) in [5.74, 6) is 0. The molecule has 0 heterocycles. The second-order valence-electron chi connectivity index (χ2n) is 1.45. The van der Waals surface area contributed by atoms with Gasteiger partial charge in [-0.3, -0.25) is 0 Å². The maximum atomic E-state index is 5.19. The van der Waals surface area contributed by atoms with Crippen LogP contribution in [0.3, 0.4) is 0 Å². The second-order valence-corrected chi connectivity index (χ2v) is 3.54. The molecule has 0 bridgehead atoms. The van der Waals surface area contributed by atoms with E-state index in [0.717, 1.165) is 6.42 Å². The van der Waals surface area contributed by atoms with E-state index in [2.05, 4.69) is 28.1 Å². The molecular weight excluding hydrogens is 174 g/mol. The smallest absolute Gasteiger partial charge is 0.0738 e. The lowest BCUT2D eigenvalue weighted by molar-refractivity contribution is 1.04. The second kappa shape index (κ2) is 3.38. The molecule has 0 rings (SSSR count). The molecular formula is C4H8BrNS. The van der Waals surface area contributed by atoms with Crippen LogP contribution in [-0.4, -0.2) is 9.82 Å². The molecule has 0 aliphatic carbocycles. The summed E-state index contributed by atoms with van der Waals surface area (Å²) in [6, 6.07) is 0. The van der Waals surface area contributed by atoms with E-state index >= 15 is 0 Å². The Morgan fingerprint density at radius 1 is 2.00 bits per heavy atom. The summed E-state index contributed by atoms with van der Waals surface area (Å²) >= 11 is 7.93. The molecule has 0 saturated carbocycles. The molecule has 0 fully saturated rings. The van der Waals surface area contributed by atoms with Crippen LogP contribution in [0.2, 0.25) is 0 Å². The van der Waals surface area contributed by atoms with Crippen LogP contribution in [0, 0.1) is 0 Å². The summed E-state index contributed by atoms with van der Waals surface area (Å²) in [7, 11) is 0. The molecule has 0 aromatic heterocycles. The molecule has 42 valence electrons. The topological polar surface area (TPSA) is 26.0 Å². The lowest BCUT2D eigenvalue weighted by Crippen LogP contribution is -2.11. The van der Waals surface area contributed by atoms with Crippen LogP contribution in [0.5, 0.6) is 0 Å². The minimum absolute atomic E-state index is 0.421. The van der Waals surface area contributed by atoms with E-state index < -0.39 is 0 Å². The largest absolute Gasteiger partial charge is 0.393 e. The van der Waals surface area contributed by atoms with Crippen molar-refractivity contribution in [2.75, 3.05) is 0 Å². The van der Waals surface area contributed by atoms with E-state index in [1.165, 1.54) is 0 Å². The Kier molecular flexibility index (Phi) is 3.56. The van der Waals surface area contributed by atoms with Gasteiger partial charge in [-0.15, -0.1) is 0 Å². The SMILES string of the molecule is CC(Br)CC(N)=S. The molecule has 0 aliphatic heterocycles. The Bertz CT molecular complexity index is 72.1. The number of halogens is 1. The van der Waals surface area contributed by atoms with Gasteiger partial charge in [0.05, 0.1) is 4.99 Å². The Hall–Kier alpha value is 0.370. The number of nitrogens with two attached hydrogens (primary N) is 1. The van der Waals surface area contributed by atoms with Crippen molar-refractivity contribution in [3.63, 3.8) is 0 Å². The molecule has 1 nitrogen and oxygen atoms in total. The fraction of sp³-hybridized carbons (Fsp3) is 0.750. The van der Waals surface area contributed by atoms with Gasteiger partial charge in [0.1, 0.15) is 0 Å². The monoisotopic (exact) mass is 181 g/mol. The predicted molar refractivity (Wildman–Crippen MR) is 39.8 cm³/mol. The van der Waals surface area contributed by atoms with Crippen molar-refractivity contribution in [1.82, 2.24) is 0 Å². The molecule has 1 unspecified atom stereocenters. The molecule has 0 radical (unpaired) electrons. The number of thiocarbonyl (C=S) groups is 1. The predicted octanol–water partition coefficient (Wildman–Crippen LogP) is 1.45. The average Bonchev–Trinajstić information content (AvgIpc) is 1.27. The van der Waals surface area contributed by atoms with E-state index in [4.69, 9.17) is 5.73 Å². The lowest BCUT2D eigenvalue weighted by atomic mass is 10.3. The van der Waals surface area contributed by atoms with Crippen molar-refractivity contribution in [3.05, 3.63) is 0 Å². The van der Waals surface area contributed by atoms with Crippen LogP contribution in [-0.2, 0) is 0 Å². The molecule has 0 saturated heterocycles. The van der Waals surface area contributed by atoms with Gasteiger partial charge < -0.3 is 5.73 Å². The van der Waals surface area contributed by atoms with Gasteiger partial charge >= 0.3 is 0 Å². The Morgan fingerprint density at radius 3 is 2.43 bits per heavy atom. The first-order valence-corrected chi connectivity index (χ1v) is 3.37. The van der Waals surface area contributed by atoms with Crippen LogP contribution in [0.25, 0.3) is 0 Å². The quantitative estimate of drug-likeness (QED) is 0.516. The Morgan fingerprint density at radius 2 is 2.43 bits per heavy atom. The zero-order valence-electron chi connectivity index (χ0n) is 4.15. The van der Waals surface area contributed by atoms with Gasteiger partial charge in [-0.05, 0) is 0 Å². The van der Waals surface area contributed by atoms with Crippen LogP contribution in [0.4, 0.5) is 0 Å². The summed E-state index contributed by atoms with van der Waals surface area (Å²) in [6.07, 6.45) is 0.787. The first-order valence-electron chi connectivity index (χ1n) is 2.05. The molecule has 1 atom stereocenters. The molecule has 3 heteroatoms. The summed E-state index contributed by atoms with van der Waals surface area (Å²) in [5, 5.41) is 0. The third kappa shape index (κ3) is 6.37. The molecule has 0 aromatic rings. The zero-order valence-corrected chi connectivity index (χ0v) is 6.55. The Labute approximate surface area is 57.4 Å². The van der Waals surface area contributed by atoms with E-state index in [0.29, 0.717) is 9.82 Å². The van der Waals surface area contributed by atoms with Crippen LogP contribution >= 0.6 is 28.1 Å². The fourth-order valence-electron chi connectivity index (χ4n) is 0.277. The number of hydrogen-bond acceptors (Lipinski definition) is 1. The van der Waals surface area contributed by atoms with Crippen molar-refractivity contribution < 1.29 is 0 Å². The zero-order chi connectivity index (χ0) is 5.86. The highest BCUT2D eigenvalue weighted by Crippen LogP contribution is 2.01. The van der Waals surface area contributed by atoms with Gasteiger partial charge in [-0.2, -0.15) is 0 Å². The van der Waals surface area contributed by atoms with E-state index in [1.807, 2.05) is 6.92 Å². The van der Waals surface area contributed by atoms with E-state index in [1.54, 1.807) is 0 Å². The highest BCUT2D eigenvalue weighted by molar-refractivity contribution is 9.09. The van der Waals surface area contributed by atoms with Crippen LogP contribution < -0.4 is 5.73 Å². The standard InChI is InChI=1S/C4H8BrNS/c1-3(5)2-4(6)7/h3H,2H2,1H3,(H2,6,7). The summed E-state index contributed by atoms with van der Waals surface area (Å²) < 4.78 is 0. The minimum atomic E-state index is 0.421. The third-order valence-corrected chi connectivity index (χ3v) is 0.973. The molecule has 0 amide bonds. The van der Waals surface area contributed by atoms with Crippen molar-refractivity contribution in [1.29, 1.82) is 0 Å². The average molecular weight is 182 g/mol. The summed E-state index contributed by atoms with van der Waals surface area (Å²) in [4.78, 5) is 0.995. The molecule has 0 spiro atoms. The van der Waals surface area contributed by atoms with Crippen molar-refractivity contribution in [2.45, 2.75) is 18.2 Å². The number of hydrogen-bond donors (Lipinski definition) is 1. The molecule has 0 aliphatic rings. The summed E-state index contributed by atoms with van der Waals surface area (Å²) in [5.41, 5.74) is 5.19. The highest BCUT2D eigenvalue weighted by Gasteiger charge is 1.94. The number of rotatable bonds is 2. The van der Waals surface area contributed by atoms with Gasteiger partial charge in [0, 0.05) is 11.2 Å². The lowest BCUT2D eigenvalue weighted by Gasteiger charge is -1.96.